The van der Waals surface area contributed by atoms with Gasteiger partial charge in [0.25, 0.3) is 0 Å². The van der Waals surface area contributed by atoms with Crippen molar-refractivity contribution in [1.29, 1.82) is 5.26 Å². The van der Waals surface area contributed by atoms with E-state index in [9.17, 15) is 9.59 Å². The minimum Gasteiger partial charge on any atom is -0.336 e. The van der Waals surface area contributed by atoms with E-state index in [1.807, 2.05) is 6.07 Å². The normalized spacial score (nSPS) is 9.18. The molecule has 1 aromatic rings. The van der Waals surface area contributed by atoms with Crippen molar-refractivity contribution in [2.45, 2.75) is 6.42 Å². The van der Waals surface area contributed by atoms with E-state index in [0.29, 0.717) is 5.69 Å². The van der Waals surface area contributed by atoms with E-state index in [2.05, 4.69) is 5.32 Å². The lowest BCUT2D eigenvalue weighted by atomic mass is 10.3. The highest BCUT2D eigenvalue weighted by molar-refractivity contribution is 5.94. The van der Waals surface area contributed by atoms with Gasteiger partial charge in [0.1, 0.15) is 6.42 Å². The second-order valence-electron chi connectivity index (χ2n) is 3.50. The number of anilines is 1. The topological polar surface area (TPSA) is 73.2 Å². The molecule has 5 nitrogen and oxygen atoms in total. The Bertz CT molecular complexity index is 437. The molecule has 0 unspecified atom stereocenters. The molecule has 1 aromatic carbocycles. The lowest BCUT2D eigenvalue weighted by molar-refractivity contribution is -0.132. The van der Waals surface area contributed by atoms with Gasteiger partial charge in [-0.15, -0.1) is 0 Å². The summed E-state index contributed by atoms with van der Waals surface area (Å²) in [6, 6.07) is 10.7. The summed E-state index contributed by atoms with van der Waals surface area (Å²) >= 11 is 0. The number of nitrogens with one attached hydrogen (secondary N) is 1. The number of carbonyl (C=O) groups excluding carboxylic acids is 2. The molecule has 0 aliphatic carbocycles. The highest BCUT2D eigenvalue weighted by Crippen LogP contribution is 2.04. The van der Waals surface area contributed by atoms with E-state index in [1.165, 1.54) is 11.9 Å². The Morgan fingerprint density at radius 2 is 2.00 bits per heavy atom. The highest BCUT2D eigenvalue weighted by atomic mass is 16.2. The van der Waals surface area contributed by atoms with Crippen molar-refractivity contribution >= 4 is 17.5 Å². The Morgan fingerprint density at radius 1 is 1.35 bits per heavy atom. The number of hydrogen-bond acceptors (Lipinski definition) is 3. The number of likely N-dealkylation sites (N-methyl/N-ethyl adjacent to an activating group) is 1. The van der Waals surface area contributed by atoms with Crippen LogP contribution in [0.15, 0.2) is 30.3 Å². The Hall–Kier alpha value is -2.35. The van der Waals surface area contributed by atoms with Gasteiger partial charge in [-0.05, 0) is 12.1 Å². The van der Waals surface area contributed by atoms with Crippen LogP contribution in [0.5, 0.6) is 0 Å². The van der Waals surface area contributed by atoms with Crippen LogP contribution >= 0.6 is 0 Å². The van der Waals surface area contributed by atoms with Crippen molar-refractivity contribution in [2.75, 3.05) is 18.9 Å². The number of hydrogen-bond donors (Lipinski definition) is 1. The largest absolute Gasteiger partial charge is 0.336 e. The van der Waals surface area contributed by atoms with Crippen molar-refractivity contribution in [3.8, 4) is 6.07 Å². The van der Waals surface area contributed by atoms with Gasteiger partial charge in [-0.2, -0.15) is 5.26 Å². The smallest absolute Gasteiger partial charge is 0.243 e. The lowest BCUT2D eigenvalue weighted by Crippen LogP contribution is -2.34. The molecule has 0 bridgehead atoms. The van der Waals surface area contributed by atoms with Gasteiger partial charge in [0.05, 0.1) is 12.6 Å². The molecular weight excluding hydrogens is 218 g/mol. The number of para-hydroxylation sites is 1. The SMILES string of the molecule is CN(CC(=O)Nc1ccccc1)C(=O)CC#N. The number of nitriles is 1. The maximum Gasteiger partial charge on any atom is 0.243 e. The molecule has 0 aliphatic heterocycles. The van der Waals surface area contributed by atoms with Crippen LogP contribution in [0.25, 0.3) is 0 Å². The molecule has 0 spiro atoms. The Kier molecular flexibility index (Phi) is 4.70. The quantitative estimate of drug-likeness (QED) is 0.840. The van der Waals surface area contributed by atoms with Crippen molar-refractivity contribution in [1.82, 2.24) is 4.90 Å². The molecule has 0 aliphatic rings. The molecule has 2 amide bonds. The van der Waals surface area contributed by atoms with Crippen molar-refractivity contribution < 1.29 is 9.59 Å². The van der Waals surface area contributed by atoms with Crippen molar-refractivity contribution in [3.63, 3.8) is 0 Å². The summed E-state index contributed by atoms with van der Waals surface area (Å²) in [5.41, 5.74) is 0.679. The molecule has 0 heterocycles. The van der Waals surface area contributed by atoms with Crippen LogP contribution in [0.1, 0.15) is 6.42 Å². The zero-order valence-electron chi connectivity index (χ0n) is 9.51. The summed E-state index contributed by atoms with van der Waals surface area (Å²) in [5, 5.41) is 11.0. The van der Waals surface area contributed by atoms with Crippen LogP contribution in [0.2, 0.25) is 0 Å². The fraction of sp³-hybridized carbons (Fsp3) is 0.250. The van der Waals surface area contributed by atoms with E-state index >= 15 is 0 Å². The fourth-order valence-corrected chi connectivity index (χ4v) is 1.23. The van der Waals surface area contributed by atoms with E-state index in [1.54, 1.807) is 30.3 Å². The average Bonchev–Trinajstić information content (AvgIpc) is 2.30. The molecule has 0 fully saturated rings. The molecule has 0 saturated carbocycles. The Labute approximate surface area is 99.6 Å². The van der Waals surface area contributed by atoms with Gasteiger partial charge < -0.3 is 10.2 Å². The first-order valence-corrected chi connectivity index (χ1v) is 5.09. The Morgan fingerprint density at radius 3 is 2.59 bits per heavy atom. The second-order valence-corrected chi connectivity index (χ2v) is 3.50. The van der Waals surface area contributed by atoms with Crippen LogP contribution in [-0.2, 0) is 9.59 Å². The monoisotopic (exact) mass is 231 g/mol. The lowest BCUT2D eigenvalue weighted by Gasteiger charge is -2.15. The number of rotatable bonds is 4. The molecule has 1 N–H and O–H groups in total. The maximum absolute atomic E-state index is 11.5. The van der Waals surface area contributed by atoms with E-state index in [0.717, 1.165) is 0 Å². The summed E-state index contributed by atoms with van der Waals surface area (Å²) in [6.07, 6.45) is -0.213. The van der Waals surface area contributed by atoms with Crippen molar-refractivity contribution in [3.05, 3.63) is 30.3 Å². The van der Waals surface area contributed by atoms with Gasteiger partial charge in [0.2, 0.25) is 11.8 Å². The third-order valence-electron chi connectivity index (χ3n) is 2.09. The minimum atomic E-state index is -0.365. The molecule has 0 aromatic heterocycles. The molecular formula is C12H13N3O2. The zero-order chi connectivity index (χ0) is 12.7. The first-order valence-electron chi connectivity index (χ1n) is 5.09. The van der Waals surface area contributed by atoms with E-state index < -0.39 is 0 Å². The number of amides is 2. The van der Waals surface area contributed by atoms with Crippen LogP contribution in [0, 0.1) is 11.3 Å². The third-order valence-corrected chi connectivity index (χ3v) is 2.09. The van der Waals surface area contributed by atoms with Gasteiger partial charge in [0, 0.05) is 12.7 Å². The number of carbonyl (C=O) groups is 2. The summed E-state index contributed by atoms with van der Waals surface area (Å²) < 4.78 is 0. The first-order chi connectivity index (χ1) is 8.13. The maximum atomic E-state index is 11.5. The fourth-order valence-electron chi connectivity index (χ4n) is 1.23. The number of benzene rings is 1. The van der Waals surface area contributed by atoms with Gasteiger partial charge >= 0.3 is 0 Å². The van der Waals surface area contributed by atoms with E-state index in [-0.39, 0.29) is 24.8 Å². The molecule has 88 valence electrons. The predicted octanol–water partition coefficient (Wildman–Crippen LogP) is 0.997. The van der Waals surface area contributed by atoms with Gasteiger partial charge in [-0.3, -0.25) is 9.59 Å². The minimum absolute atomic E-state index is 0.0601. The summed E-state index contributed by atoms with van der Waals surface area (Å²) in [7, 11) is 1.49. The highest BCUT2D eigenvalue weighted by Gasteiger charge is 2.12. The van der Waals surface area contributed by atoms with Crippen LogP contribution < -0.4 is 5.32 Å². The van der Waals surface area contributed by atoms with E-state index in [4.69, 9.17) is 5.26 Å². The van der Waals surface area contributed by atoms with Gasteiger partial charge in [0.15, 0.2) is 0 Å². The molecule has 5 heteroatoms. The molecule has 0 radical (unpaired) electrons. The number of nitrogens with zero attached hydrogens (tertiary/aromatic N) is 2. The first kappa shape index (κ1) is 12.7. The zero-order valence-corrected chi connectivity index (χ0v) is 9.51. The van der Waals surface area contributed by atoms with Gasteiger partial charge in [-0.1, -0.05) is 18.2 Å². The van der Waals surface area contributed by atoms with Gasteiger partial charge in [-0.25, -0.2) is 0 Å². The van der Waals surface area contributed by atoms with Crippen LogP contribution in [0.4, 0.5) is 5.69 Å². The summed E-state index contributed by atoms with van der Waals surface area (Å²) in [6.45, 7) is -0.0601. The predicted molar refractivity (Wildman–Crippen MR) is 62.9 cm³/mol. The average molecular weight is 231 g/mol. The standard InChI is InChI=1S/C12H13N3O2/c1-15(12(17)7-8-13)9-11(16)14-10-5-3-2-4-6-10/h2-6H,7,9H2,1H3,(H,14,16). The van der Waals surface area contributed by atoms with Crippen molar-refractivity contribution in [2.24, 2.45) is 0 Å². The summed E-state index contributed by atoms with van der Waals surface area (Å²) in [4.78, 5) is 24.0. The Balaban J connectivity index is 2.45. The molecule has 0 saturated heterocycles. The summed E-state index contributed by atoms with van der Waals surface area (Å²) in [5.74, 6) is -0.652. The third kappa shape index (κ3) is 4.34. The van der Waals surface area contributed by atoms with Crippen LogP contribution in [0.3, 0.4) is 0 Å². The molecule has 17 heavy (non-hydrogen) atoms. The molecule has 1 rings (SSSR count). The van der Waals surface area contributed by atoms with Crippen LogP contribution in [-0.4, -0.2) is 30.3 Å². The second kappa shape index (κ2) is 6.28. The molecule has 0 atom stereocenters.